The van der Waals surface area contributed by atoms with Crippen LogP contribution in [-0.4, -0.2) is 75.6 Å². The lowest BCUT2D eigenvalue weighted by molar-refractivity contribution is -0.142. The van der Waals surface area contributed by atoms with Gasteiger partial charge in [-0.25, -0.2) is 18.4 Å². The second kappa shape index (κ2) is 15.4. The normalized spacial score (nSPS) is 26.4. The van der Waals surface area contributed by atoms with Crippen LogP contribution < -0.4 is 21.0 Å². The van der Waals surface area contributed by atoms with E-state index < -0.39 is 70.9 Å². The molecular formula is C38H45F2N5O8. The van der Waals surface area contributed by atoms with Crippen molar-refractivity contribution in [3.63, 3.8) is 0 Å². The summed E-state index contributed by atoms with van der Waals surface area (Å²) in [7, 11) is 0. The van der Waals surface area contributed by atoms with E-state index in [0.717, 1.165) is 12.8 Å². The van der Waals surface area contributed by atoms with Gasteiger partial charge >= 0.3 is 12.2 Å². The Balaban J connectivity index is 1.23. The number of carbonyl (C=O) groups is 5. The van der Waals surface area contributed by atoms with E-state index in [1.165, 1.54) is 40.1 Å². The van der Waals surface area contributed by atoms with Crippen LogP contribution in [0, 0.1) is 17.6 Å². The largest absolute Gasteiger partial charge is 0.444 e. The number of nitrogens with zero attached hydrogens (tertiary/aromatic N) is 2. The highest BCUT2D eigenvalue weighted by Crippen LogP contribution is 2.45. The van der Waals surface area contributed by atoms with E-state index in [4.69, 9.17) is 14.3 Å². The number of hydrogen-bond donors (Lipinski definition) is 3. The molecule has 13 nitrogen and oxygen atoms in total. The van der Waals surface area contributed by atoms with Crippen LogP contribution in [0.1, 0.15) is 76.8 Å². The quantitative estimate of drug-likeness (QED) is 0.293. The van der Waals surface area contributed by atoms with Crippen molar-refractivity contribution in [2.24, 2.45) is 5.92 Å². The fourth-order valence-corrected chi connectivity index (χ4v) is 7.04. The second-order valence-corrected chi connectivity index (χ2v) is 15.0. The fourth-order valence-electron chi connectivity index (χ4n) is 7.04. The third-order valence-corrected chi connectivity index (χ3v) is 9.86. The summed E-state index contributed by atoms with van der Waals surface area (Å²) >= 11 is 0. The monoisotopic (exact) mass is 737 g/mol. The first-order valence-corrected chi connectivity index (χ1v) is 18.0. The van der Waals surface area contributed by atoms with Crippen LogP contribution in [0.15, 0.2) is 54.6 Å². The van der Waals surface area contributed by atoms with Gasteiger partial charge in [-0.15, -0.1) is 0 Å². The molecule has 3 aliphatic heterocycles. The first-order chi connectivity index (χ1) is 25.2. The minimum atomic E-state index is -1.42. The first-order valence-electron chi connectivity index (χ1n) is 18.0. The molecule has 5 amide bonds. The summed E-state index contributed by atoms with van der Waals surface area (Å²) in [6.45, 7) is 5.09. The molecule has 0 unspecified atom stereocenters. The molecule has 0 spiro atoms. The standard InChI is InChI=1S/C38H45F2N5O8/c1-37(2,3)52-35(49)41-30-13-8-6-4-5-7-11-24-19-38(24,34(48)43-53-26-16-14-25(39)15-17-26)42-32(46)31-18-27(21-45(31)33(30)47)51-36(50)44-20-23-10-9-12-29(40)28(23)22-44/h7,9-12,14-17,24,27,30-31H,4-6,8,13,18-22H2,1-3H3,(H,41,49)(H,42,46)(H,43,48)/b11-7-/t24-,27+,30-,31-,38+/m0/s1. The number of amides is 5. The maximum absolute atomic E-state index is 14.4. The van der Waals surface area contributed by atoms with E-state index >= 15 is 0 Å². The molecular weight excluding hydrogens is 692 g/mol. The zero-order valence-corrected chi connectivity index (χ0v) is 30.0. The first kappa shape index (κ1) is 37.5. The fraction of sp³-hybridized carbons (Fsp3) is 0.500. The van der Waals surface area contributed by atoms with Gasteiger partial charge in [0.2, 0.25) is 11.8 Å². The predicted molar refractivity (Wildman–Crippen MR) is 186 cm³/mol. The lowest BCUT2D eigenvalue weighted by Crippen LogP contribution is -2.58. The molecule has 3 heterocycles. The second-order valence-electron chi connectivity index (χ2n) is 15.0. The molecule has 0 radical (unpaired) electrons. The Labute approximate surface area is 306 Å². The van der Waals surface area contributed by atoms with Crippen molar-refractivity contribution < 1.29 is 47.1 Å². The summed E-state index contributed by atoms with van der Waals surface area (Å²) in [5, 5.41) is 5.55. The molecule has 1 aliphatic carbocycles. The number of alkyl carbamates (subject to hydrolysis) is 1. The molecule has 15 heteroatoms. The highest BCUT2D eigenvalue weighted by molar-refractivity contribution is 5.98. The molecule has 4 aliphatic rings. The zero-order chi connectivity index (χ0) is 37.9. The third-order valence-electron chi connectivity index (χ3n) is 9.86. The Morgan fingerprint density at radius 2 is 1.77 bits per heavy atom. The molecule has 0 bridgehead atoms. The summed E-state index contributed by atoms with van der Waals surface area (Å²) < 4.78 is 39.1. The summed E-state index contributed by atoms with van der Waals surface area (Å²) in [4.78, 5) is 76.5. The average Bonchev–Trinajstić information content (AvgIpc) is 3.39. The molecule has 6 rings (SSSR count). The molecule has 5 atom stereocenters. The van der Waals surface area contributed by atoms with Crippen molar-refractivity contribution in [3.8, 4) is 5.75 Å². The Bertz CT molecular complexity index is 1770. The van der Waals surface area contributed by atoms with Crippen LogP contribution in [0.5, 0.6) is 5.75 Å². The van der Waals surface area contributed by atoms with Gasteiger partial charge in [-0.3, -0.25) is 19.3 Å². The number of fused-ring (bicyclic) bond motifs is 3. The Morgan fingerprint density at radius 1 is 1.00 bits per heavy atom. The Hall–Kier alpha value is -5.21. The van der Waals surface area contributed by atoms with Crippen molar-refractivity contribution in [3.05, 3.63) is 77.4 Å². The predicted octanol–water partition coefficient (Wildman–Crippen LogP) is 4.79. The van der Waals surface area contributed by atoms with E-state index in [0.29, 0.717) is 24.0 Å². The number of nitrogens with one attached hydrogen (secondary N) is 3. The van der Waals surface area contributed by atoms with E-state index in [-0.39, 0.29) is 50.6 Å². The van der Waals surface area contributed by atoms with Gasteiger partial charge in [0.05, 0.1) is 13.1 Å². The molecule has 53 heavy (non-hydrogen) atoms. The van der Waals surface area contributed by atoms with Gasteiger partial charge in [0.25, 0.3) is 5.91 Å². The molecule has 3 N–H and O–H groups in total. The van der Waals surface area contributed by atoms with Gasteiger partial charge in [0, 0.05) is 24.4 Å². The van der Waals surface area contributed by atoms with Crippen LogP contribution in [0.2, 0.25) is 0 Å². The van der Waals surface area contributed by atoms with Crippen molar-refractivity contribution in [1.82, 2.24) is 25.9 Å². The molecule has 0 aromatic heterocycles. The van der Waals surface area contributed by atoms with Gasteiger partial charge in [0.15, 0.2) is 5.75 Å². The van der Waals surface area contributed by atoms with E-state index in [1.54, 1.807) is 32.9 Å². The minimum Gasteiger partial charge on any atom is -0.444 e. The highest BCUT2D eigenvalue weighted by atomic mass is 19.1. The number of rotatable bonds is 5. The van der Waals surface area contributed by atoms with Gasteiger partial charge in [-0.2, -0.15) is 5.48 Å². The lowest BCUT2D eigenvalue weighted by Gasteiger charge is -2.30. The molecule has 2 aromatic rings. The van der Waals surface area contributed by atoms with E-state index in [9.17, 15) is 32.8 Å². The molecule has 1 saturated carbocycles. The molecule has 2 fully saturated rings. The van der Waals surface area contributed by atoms with Crippen LogP contribution in [-0.2, 0) is 36.9 Å². The van der Waals surface area contributed by atoms with Gasteiger partial charge < -0.3 is 29.8 Å². The van der Waals surface area contributed by atoms with Crippen molar-refractivity contribution in [2.75, 3.05) is 6.54 Å². The Kier molecular flexibility index (Phi) is 10.9. The minimum absolute atomic E-state index is 0.00846. The highest BCUT2D eigenvalue weighted by Gasteiger charge is 2.61. The lowest BCUT2D eigenvalue weighted by atomic mass is 10.0. The summed E-state index contributed by atoms with van der Waals surface area (Å²) in [6, 6.07) is 7.42. The SMILES string of the molecule is CC(C)(C)OC(=O)N[C@H]1CCCCC/C=C\[C@H]2C[C@@]2(C(=O)NOc2ccc(F)cc2)NC(=O)[C@@H]2C[C@@H](OC(=O)N3Cc4cccc(F)c4C3)CN2C1=O. The van der Waals surface area contributed by atoms with Crippen LogP contribution in [0.25, 0.3) is 0 Å². The van der Waals surface area contributed by atoms with E-state index in [2.05, 4.69) is 16.1 Å². The van der Waals surface area contributed by atoms with Gasteiger partial charge in [-0.1, -0.05) is 37.1 Å². The van der Waals surface area contributed by atoms with E-state index in [1.807, 2.05) is 12.2 Å². The number of carbonyl (C=O) groups excluding carboxylic acids is 5. The number of hydrogen-bond acceptors (Lipinski definition) is 8. The Morgan fingerprint density at radius 3 is 2.51 bits per heavy atom. The topological polar surface area (TPSA) is 156 Å². The number of hydroxylamine groups is 1. The van der Waals surface area contributed by atoms with Crippen molar-refractivity contribution in [1.29, 1.82) is 0 Å². The third kappa shape index (κ3) is 8.88. The number of ether oxygens (including phenoxy) is 2. The number of halogens is 2. The van der Waals surface area contributed by atoms with Crippen LogP contribution >= 0.6 is 0 Å². The van der Waals surface area contributed by atoms with Crippen molar-refractivity contribution >= 4 is 29.9 Å². The number of allylic oxidation sites excluding steroid dienone is 1. The molecule has 284 valence electrons. The van der Waals surface area contributed by atoms with Gasteiger partial charge in [0.1, 0.15) is 41.0 Å². The number of benzene rings is 2. The van der Waals surface area contributed by atoms with Crippen LogP contribution in [0.4, 0.5) is 18.4 Å². The van der Waals surface area contributed by atoms with Crippen LogP contribution in [0.3, 0.4) is 0 Å². The zero-order valence-electron chi connectivity index (χ0n) is 30.0. The molecule has 1 saturated heterocycles. The van der Waals surface area contributed by atoms with Gasteiger partial charge in [-0.05, 0) is 82.3 Å². The summed E-state index contributed by atoms with van der Waals surface area (Å²) in [5.74, 6) is -2.98. The maximum atomic E-state index is 14.4. The molecule has 2 aromatic carbocycles. The summed E-state index contributed by atoms with van der Waals surface area (Å²) in [6.07, 6.45) is 4.61. The van der Waals surface area contributed by atoms with Crippen molar-refractivity contribution in [2.45, 2.75) is 108 Å². The summed E-state index contributed by atoms with van der Waals surface area (Å²) in [5.41, 5.74) is 1.18. The maximum Gasteiger partial charge on any atom is 0.410 e. The average molecular weight is 738 g/mol. The smallest absolute Gasteiger partial charge is 0.410 e.